The maximum absolute atomic E-state index is 10.9. The van der Waals surface area contributed by atoms with Crippen molar-refractivity contribution in [3.05, 3.63) is 37.0 Å². The summed E-state index contributed by atoms with van der Waals surface area (Å²) in [6, 6.07) is 0. The molecule has 0 aromatic heterocycles. The van der Waals surface area contributed by atoms with Crippen LogP contribution in [0.3, 0.4) is 0 Å². The zero-order valence-corrected chi connectivity index (χ0v) is 9.95. The van der Waals surface area contributed by atoms with Gasteiger partial charge < -0.3 is 10.1 Å². The number of ether oxygens (including phenoxy) is 1. The summed E-state index contributed by atoms with van der Waals surface area (Å²) < 4.78 is 4.74. The number of amides is 1. The van der Waals surface area contributed by atoms with Crippen LogP contribution in [0.5, 0.6) is 0 Å². The fourth-order valence-corrected chi connectivity index (χ4v) is 1.01. The summed E-state index contributed by atoms with van der Waals surface area (Å²) in [6.45, 7) is 6.32. The van der Waals surface area contributed by atoms with Gasteiger partial charge in [0.05, 0.1) is 0 Å². The standard InChI is InChI=1S/C13H21NO2/c1-3-5-6-7-8-9-10-11-14-13(15)16-12-4-2/h4-6,9-10H,2-3,7-8,11-12H2,1H3,(H,14,15)/b6-5-,10-9+. The minimum atomic E-state index is -0.407. The SMILES string of the molecule is C=CCOC(=O)NC/C=C/CC/C=C\CC. The van der Waals surface area contributed by atoms with E-state index in [0.29, 0.717) is 6.54 Å². The van der Waals surface area contributed by atoms with Crippen LogP contribution in [0.2, 0.25) is 0 Å². The van der Waals surface area contributed by atoms with Crippen molar-refractivity contribution in [3.8, 4) is 0 Å². The van der Waals surface area contributed by atoms with Gasteiger partial charge in [-0.05, 0) is 19.3 Å². The van der Waals surface area contributed by atoms with E-state index < -0.39 is 6.09 Å². The summed E-state index contributed by atoms with van der Waals surface area (Å²) in [5.41, 5.74) is 0. The Morgan fingerprint density at radius 2 is 1.94 bits per heavy atom. The van der Waals surface area contributed by atoms with Crippen LogP contribution < -0.4 is 5.32 Å². The van der Waals surface area contributed by atoms with Gasteiger partial charge >= 0.3 is 6.09 Å². The maximum atomic E-state index is 10.9. The molecular formula is C13H21NO2. The van der Waals surface area contributed by atoms with Crippen molar-refractivity contribution in [3.63, 3.8) is 0 Å². The predicted octanol–water partition coefficient (Wildman–Crippen LogP) is 3.20. The van der Waals surface area contributed by atoms with E-state index in [9.17, 15) is 4.79 Å². The van der Waals surface area contributed by atoms with Crippen LogP contribution >= 0.6 is 0 Å². The normalized spacial score (nSPS) is 10.8. The van der Waals surface area contributed by atoms with Gasteiger partial charge in [-0.1, -0.05) is 43.9 Å². The molecule has 0 radical (unpaired) electrons. The molecule has 0 rings (SSSR count). The van der Waals surface area contributed by atoms with Gasteiger partial charge in [0.25, 0.3) is 0 Å². The second kappa shape index (κ2) is 11.6. The largest absolute Gasteiger partial charge is 0.445 e. The molecule has 0 fully saturated rings. The third-order valence-electron chi connectivity index (χ3n) is 1.77. The third-order valence-corrected chi connectivity index (χ3v) is 1.77. The average molecular weight is 223 g/mol. The highest BCUT2D eigenvalue weighted by Crippen LogP contribution is 1.93. The molecule has 0 aliphatic rings. The van der Waals surface area contributed by atoms with Crippen molar-refractivity contribution in [2.45, 2.75) is 26.2 Å². The molecule has 0 unspecified atom stereocenters. The number of rotatable bonds is 8. The number of alkyl carbamates (subject to hydrolysis) is 1. The first kappa shape index (κ1) is 14.5. The van der Waals surface area contributed by atoms with Gasteiger partial charge in [-0.15, -0.1) is 0 Å². The number of hydrogen-bond acceptors (Lipinski definition) is 2. The van der Waals surface area contributed by atoms with Crippen molar-refractivity contribution in [1.82, 2.24) is 5.32 Å². The van der Waals surface area contributed by atoms with Gasteiger partial charge in [-0.25, -0.2) is 4.79 Å². The number of allylic oxidation sites excluding steroid dienone is 3. The molecule has 1 amide bonds. The Labute approximate surface area is 97.9 Å². The Balaban J connectivity index is 3.36. The van der Waals surface area contributed by atoms with Crippen LogP contribution in [-0.4, -0.2) is 19.2 Å². The van der Waals surface area contributed by atoms with Crippen molar-refractivity contribution in [2.75, 3.05) is 13.2 Å². The maximum Gasteiger partial charge on any atom is 0.407 e. The van der Waals surface area contributed by atoms with Crippen LogP contribution in [0.25, 0.3) is 0 Å². The molecule has 1 N–H and O–H groups in total. The Morgan fingerprint density at radius 1 is 1.25 bits per heavy atom. The summed E-state index contributed by atoms with van der Waals surface area (Å²) in [5, 5.41) is 2.61. The smallest absolute Gasteiger partial charge is 0.407 e. The summed E-state index contributed by atoms with van der Waals surface area (Å²) >= 11 is 0. The number of unbranched alkanes of at least 4 members (excludes halogenated alkanes) is 1. The van der Waals surface area contributed by atoms with E-state index in [2.05, 4.69) is 31.0 Å². The molecule has 0 saturated heterocycles. The Hall–Kier alpha value is -1.51. The molecule has 16 heavy (non-hydrogen) atoms. The minimum absolute atomic E-state index is 0.247. The highest BCUT2D eigenvalue weighted by molar-refractivity contribution is 5.67. The van der Waals surface area contributed by atoms with Crippen molar-refractivity contribution in [2.24, 2.45) is 0 Å². The lowest BCUT2D eigenvalue weighted by Gasteiger charge is -2.01. The molecule has 0 aliphatic carbocycles. The van der Waals surface area contributed by atoms with E-state index in [0.717, 1.165) is 19.3 Å². The van der Waals surface area contributed by atoms with Crippen LogP contribution in [-0.2, 0) is 4.74 Å². The first-order chi connectivity index (χ1) is 7.81. The fraction of sp³-hybridized carbons (Fsp3) is 0.462. The molecule has 0 saturated carbocycles. The van der Waals surface area contributed by atoms with Crippen molar-refractivity contribution in [1.29, 1.82) is 0 Å². The predicted molar refractivity (Wildman–Crippen MR) is 67.4 cm³/mol. The summed E-state index contributed by atoms with van der Waals surface area (Å²) in [6.07, 6.45) is 12.5. The molecule has 0 aromatic rings. The van der Waals surface area contributed by atoms with Gasteiger partial charge in [-0.2, -0.15) is 0 Å². The summed E-state index contributed by atoms with van der Waals surface area (Å²) in [5.74, 6) is 0. The number of carbonyl (C=O) groups is 1. The highest BCUT2D eigenvalue weighted by Gasteiger charge is 1.95. The fourth-order valence-electron chi connectivity index (χ4n) is 1.01. The summed E-state index contributed by atoms with van der Waals surface area (Å²) in [4.78, 5) is 10.9. The van der Waals surface area contributed by atoms with E-state index in [-0.39, 0.29) is 6.61 Å². The number of hydrogen-bond donors (Lipinski definition) is 1. The Bertz CT molecular complexity index is 244. The molecular weight excluding hydrogens is 202 g/mol. The van der Waals surface area contributed by atoms with Gasteiger partial charge in [-0.3, -0.25) is 0 Å². The molecule has 90 valence electrons. The van der Waals surface area contributed by atoms with Crippen LogP contribution in [0.4, 0.5) is 4.79 Å². The third kappa shape index (κ3) is 10.6. The first-order valence-electron chi connectivity index (χ1n) is 5.62. The lowest BCUT2D eigenvalue weighted by Crippen LogP contribution is -2.24. The van der Waals surface area contributed by atoms with Gasteiger partial charge in [0.2, 0.25) is 0 Å². The Morgan fingerprint density at radius 3 is 2.56 bits per heavy atom. The molecule has 0 spiro atoms. The van der Waals surface area contributed by atoms with Gasteiger partial charge in [0, 0.05) is 6.54 Å². The zero-order valence-electron chi connectivity index (χ0n) is 9.95. The average Bonchev–Trinajstić information content (AvgIpc) is 2.30. The second-order valence-electron chi connectivity index (χ2n) is 3.20. The van der Waals surface area contributed by atoms with Gasteiger partial charge in [0.1, 0.15) is 6.61 Å². The lowest BCUT2D eigenvalue weighted by molar-refractivity contribution is 0.159. The highest BCUT2D eigenvalue weighted by atomic mass is 16.5. The molecule has 0 atom stereocenters. The molecule has 0 aliphatic heterocycles. The van der Waals surface area contributed by atoms with E-state index in [4.69, 9.17) is 4.74 Å². The van der Waals surface area contributed by atoms with Crippen LogP contribution in [0.1, 0.15) is 26.2 Å². The number of nitrogens with one attached hydrogen (secondary N) is 1. The second-order valence-corrected chi connectivity index (χ2v) is 3.20. The molecule has 3 heteroatoms. The minimum Gasteiger partial charge on any atom is -0.445 e. The first-order valence-corrected chi connectivity index (χ1v) is 5.62. The molecule has 0 aromatic carbocycles. The van der Waals surface area contributed by atoms with Gasteiger partial charge in [0.15, 0.2) is 0 Å². The number of carbonyl (C=O) groups excluding carboxylic acids is 1. The Kier molecular flexibility index (Phi) is 10.5. The summed E-state index contributed by atoms with van der Waals surface area (Å²) in [7, 11) is 0. The zero-order chi connectivity index (χ0) is 12.1. The molecule has 3 nitrogen and oxygen atoms in total. The van der Waals surface area contributed by atoms with E-state index >= 15 is 0 Å². The molecule has 0 heterocycles. The van der Waals surface area contributed by atoms with Crippen molar-refractivity contribution < 1.29 is 9.53 Å². The van der Waals surface area contributed by atoms with Crippen molar-refractivity contribution >= 4 is 6.09 Å². The topological polar surface area (TPSA) is 38.3 Å². The quantitative estimate of drug-likeness (QED) is 0.507. The van der Waals surface area contributed by atoms with E-state index in [1.807, 2.05) is 12.2 Å². The van der Waals surface area contributed by atoms with Crippen LogP contribution in [0, 0.1) is 0 Å². The van der Waals surface area contributed by atoms with E-state index in [1.54, 1.807) is 0 Å². The lowest BCUT2D eigenvalue weighted by atomic mass is 10.2. The monoisotopic (exact) mass is 223 g/mol. The van der Waals surface area contributed by atoms with Crippen LogP contribution in [0.15, 0.2) is 37.0 Å². The molecule has 0 bridgehead atoms. The van der Waals surface area contributed by atoms with E-state index in [1.165, 1.54) is 6.08 Å².